The number of halogens is 1. The second-order valence-corrected chi connectivity index (χ2v) is 5.81. The normalized spacial score (nSPS) is 10.6. The number of rotatable bonds is 6. The molecular weight excluding hydrogens is 333 g/mol. The van der Waals surface area contributed by atoms with E-state index in [-0.39, 0.29) is 11.7 Å². The molecule has 1 aromatic heterocycles. The number of nitrogens with one attached hydrogen (secondary N) is 1. The van der Waals surface area contributed by atoms with Crippen LogP contribution in [0, 0.1) is 5.82 Å². The van der Waals surface area contributed by atoms with Crippen LogP contribution in [-0.2, 0) is 13.0 Å². The first-order chi connectivity index (χ1) is 12.6. The number of nitrogens with zero attached hydrogens (tertiary/aromatic N) is 2. The van der Waals surface area contributed by atoms with Crippen LogP contribution < -0.4 is 10.1 Å². The lowest BCUT2D eigenvalue weighted by Crippen LogP contribution is -2.15. The van der Waals surface area contributed by atoms with Crippen LogP contribution >= 0.6 is 0 Å². The molecule has 5 nitrogen and oxygen atoms in total. The predicted molar refractivity (Wildman–Crippen MR) is 98.1 cm³/mol. The maximum atomic E-state index is 13.8. The Morgan fingerprint density at radius 1 is 1.23 bits per heavy atom. The van der Waals surface area contributed by atoms with Crippen LogP contribution in [0.1, 0.15) is 28.5 Å². The van der Waals surface area contributed by atoms with Crippen molar-refractivity contribution in [1.82, 2.24) is 9.78 Å². The van der Waals surface area contributed by atoms with Crippen molar-refractivity contribution >= 4 is 11.6 Å². The third-order valence-electron chi connectivity index (χ3n) is 4.11. The number of ether oxygens (including phenoxy) is 1. The number of benzene rings is 2. The number of amides is 1. The number of hydrogen-bond donors (Lipinski definition) is 1. The Balaban J connectivity index is 1.80. The molecule has 1 N–H and O–H groups in total. The molecule has 0 spiro atoms. The average Bonchev–Trinajstić information content (AvgIpc) is 3.05. The third-order valence-corrected chi connectivity index (χ3v) is 4.11. The van der Waals surface area contributed by atoms with Crippen LogP contribution in [0.25, 0.3) is 0 Å². The fourth-order valence-electron chi connectivity index (χ4n) is 2.81. The van der Waals surface area contributed by atoms with E-state index in [2.05, 4.69) is 10.4 Å². The van der Waals surface area contributed by atoms with Gasteiger partial charge in [-0.15, -0.1) is 0 Å². The highest BCUT2D eigenvalue weighted by Gasteiger charge is 2.17. The summed E-state index contributed by atoms with van der Waals surface area (Å²) < 4.78 is 20.5. The van der Waals surface area contributed by atoms with E-state index in [4.69, 9.17) is 4.74 Å². The zero-order valence-electron chi connectivity index (χ0n) is 14.7. The summed E-state index contributed by atoms with van der Waals surface area (Å²) in [5, 5.41) is 7.07. The van der Waals surface area contributed by atoms with Crippen LogP contribution in [0.2, 0.25) is 0 Å². The Labute approximate surface area is 151 Å². The zero-order valence-corrected chi connectivity index (χ0v) is 14.7. The summed E-state index contributed by atoms with van der Waals surface area (Å²) in [6.07, 6.45) is 2.21. The number of anilines is 1. The van der Waals surface area contributed by atoms with E-state index in [9.17, 15) is 9.18 Å². The fourth-order valence-corrected chi connectivity index (χ4v) is 2.81. The van der Waals surface area contributed by atoms with Crippen molar-refractivity contribution in [2.24, 2.45) is 0 Å². The van der Waals surface area contributed by atoms with Crippen LogP contribution in [0.5, 0.6) is 5.75 Å². The highest BCUT2D eigenvalue weighted by atomic mass is 19.1. The Kier molecular flexibility index (Phi) is 5.31. The van der Waals surface area contributed by atoms with Gasteiger partial charge in [-0.05, 0) is 24.1 Å². The van der Waals surface area contributed by atoms with Crippen molar-refractivity contribution < 1.29 is 13.9 Å². The molecule has 0 aliphatic heterocycles. The Morgan fingerprint density at radius 2 is 2.00 bits per heavy atom. The number of methoxy groups -OCH3 is 1. The molecule has 0 unspecified atom stereocenters. The lowest BCUT2D eigenvalue weighted by molar-refractivity contribution is 0.102. The lowest BCUT2D eigenvalue weighted by Gasteiger charge is -2.09. The maximum Gasteiger partial charge on any atom is 0.259 e. The summed E-state index contributed by atoms with van der Waals surface area (Å²) in [4.78, 5) is 12.6. The summed E-state index contributed by atoms with van der Waals surface area (Å²) in [5.41, 5.74) is 2.79. The van der Waals surface area contributed by atoms with Crippen molar-refractivity contribution in [2.75, 3.05) is 12.4 Å². The minimum absolute atomic E-state index is 0.132. The first-order valence-electron chi connectivity index (χ1n) is 8.36. The summed E-state index contributed by atoms with van der Waals surface area (Å²) in [5.74, 6) is -0.709. The van der Waals surface area contributed by atoms with Crippen molar-refractivity contribution in [3.05, 3.63) is 77.4 Å². The van der Waals surface area contributed by atoms with Gasteiger partial charge in [0.05, 0.1) is 31.1 Å². The number of aromatic nitrogens is 2. The molecule has 3 rings (SSSR count). The van der Waals surface area contributed by atoms with E-state index in [1.165, 1.54) is 19.2 Å². The maximum absolute atomic E-state index is 13.8. The van der Waals surface area contributed by atoms with E-state index in [1.807, 2.05) is 41.9 Å². The first-order valence-corrected chi connectivity index (χ1v) is 8.36. The number of carbonyl (C=O) groups is 1. The molecule has 0 saturated heterocycles. The second kappa shape index (κ2) is 7.82. The molecule has 0 bridgehead atoms. The van der Waals surface area contributed by atoms with Gasteiger partial charge in [-0.1, -0.05) is 37.3 Å². The topological polar surface area (TPSA) is 56.1 Å². The van der Waals surface area contributed by atoms with Gasteiger partial charge in [-0.25, -0.2) is 4.39 Å². The smallest absolute Gasteiger partial charge is 0.259 e. The first kappa shape index (κ1) is 17.7. The highest BCUT2D eigenvalue weighted by molar-refractivity contribution is 6.05. The SMILES string of the molecule is CCc1c(C(=O)Nc2ccc(OC)c(F)c2)cnn1Cc1ccccc1. The van der Waals surface area contributed by atoms with Gasteiger partial charge in [0.1, 0.15) is 0 Å². The molecule has 0 saturated carbocycles. The molecular formula is C20H20FN3O2. The molecule has 26 heavy (non-hydrogen) atoms. The van der Waals surface area contributed by atoms with E-state index in [0.717, 1.165) is 11.3 Å². The van der Waals surface area contributed by atoms with Crippen LogP contribution in [0.3, 0.4) is 0 Å². The molecule has 0 fully saturated rings. The van der Waals surface area contributed by atoms with Gasteiger partial charge in [-0.3, -0.25) is 9.48 Å². The summed E-state index contributed by atoms with van der Waals surface area (Å²) in [7, 11) is 1.39. The van der Waals surface area contributed by atoms with Crippen molar-refractivity contribution in [1.29, 1.82) is 0 Å². The summed E-state index contributed by atoms with van der Waals surface area (Å²) in [6, 6.07) is 14.2. The largest absolute Gasteiger partial charge is 0.494 e. The van der Waals surface area contributed by atoms with Gasteiger partial charge in [0.2, 0.25) is 0 Å². The molecule has 0 aliphatic rings. The monoisotopic (exact) mass is 353 g/mol. The Bertz CT molecular complexity index is 907. The second-order valence-electron chi connectivity index (χ2n) is 5.81. The lowest BCUT2D eigenvalue weighted by atomic mass is 10.1. The van der Waals surface area contributed by atoms with E-state index in [1.54, 1.807) is 12.3 Å². The molecule has 0 atom stereocenters. The molecule has 2 aromatic carbocycles. The van der Waals surface area contributed by atoms with Gasteiger partial charge >= 0.3 is 0 Å². The summed E-state index contributed by atoms with van der Waals surface area (Å²) >= 11 is 0. The molecule has 0 aliphatic carbocycles. The highest BCUT2D eigenvalue weighted by Crippen LogP contribution is 2.22. The summed E-state index contributed by atoms with van der Waals surface area (Å²) in [6.45, 7) is 2.57. The predicted octanol–water partition coefficient (Wildman–Crippen LogP) is 3.89. The molecule has 3 aromatic rings. The van der Waals surface area contributed by atoms with E-state index >= 15 is 0 Å². The Morgan fingerprint density at radius 3 is 2.65 bits per heavy atom. The van der Waals surface area contributed by atoms with Crippen LogP contribution in [0.15, 0.2) is 54.7 Å². The molecule has 6 heteroatoms. The average molecular weight is 353 g/mol. The van der Waals surface area contributed by atoms with Crippen molar-refractivity contribution in [3.8, 4) is 5.75 Å². The third kappa shape index (κ3) is 3.74. The molecule has 0 radical (unpaired) electrons. The van der Waals surface area contributed by atoms with Crippen LogP contribution in [0.4, 0.5) is 10.1 Å². The molecule has 1 heterocycles. The quantitative estimate of drug-likeness (QED) is 0.731. The minimum Gasteiger partial charge on any atom is -0.494 e. The zero-order chi connectivity index (χ0) is 18.5. The van der Waals surface area contributed by atoms with Gasteiger partial charge < -0.3 is 10.1 Å². The standard InChI is InChI=1S/C20H20FN3O2/c1-3-18-16(12-22-24(18)13-14-7-5-4-6-8-14)20(25)23-15-9-10-19(26-2)17(21)11-15/h4-12H,3,13H2,1-2H3,(H,23,25). The van der Waals surface area contributed by atoms with Gasteiger partial charge in [0.15, 0.2) is 11.6 Å². The Hall–Kier alpha value is -3.15. The van der Waals surface area contributed by atoms with Gasteiger partial charge in [0, 0.05) is 11.8 Å². The van der Waals surface area contributed by atoms with E-state index in [0.29, 0.717) is 24.2 Å². The van der Waals surface area contributed by atoms with Crippen molar-refractivity contribution in [2.45, 2.75) is 19.9 Å². The van der Waals surface area contributed by atoms with E-state index < -0.39 is 5.82 Å². The van der Waals surface area contributed by atoms with Crippen molar-refractivity contribution in [3.63, 3.8) is 0 Å². The van der Waals surface area contributed by atoms with Gasteiger partial charge in [0.25, 0.3) is 5.91 Å². The number of carbonyl (C=O) groups excluding carboxylic acids is 1. The molecule has 1 amide bonds. The fraction of sp³-hybridized carbons (Fsp3) is 0.200. The molecule has 134 valence electrons. The minimum atomic E-state index is -0.527. The van der Waals surface area contributed by atoms with Gasteiger partial charge in [-0.2, -0.15) is 5.10 Å². The number of hydrogen-bond acceptors (Lipinski definition) is 3. The van der Waals surface area contributed by atoms with Crippen LogP contribution in [-0.4, -0.2) is 22.8 Å².